The van der Waals surface area contributed by atoms with E-state index in [0.717, 1.165) is 11.9 Å². The van der Waals surface area contributed by atoms with E-state index in [2.05, 4.69) is 26.8 Å². The number of fused-ring (bicyclic) bond motifs is 7. The molecule has 4 saturated carbocycles. The lowest BCUT2D eigenvalue weighted by Crippen LogP contribution is -2.72. The second-order valence-electron chi connectivity index (χ2n) is 27.1. The molecule has 27 nitrogen and oxygen atoms in total. The quantitative estimate of drug-likeness (QED) is 0.0258. The molecule has 9 aliphatic rings. The number of carbonyl (C=O) groups is 3. The third-order valence-electron chi connectivity index (χ3n) is 22.3. The molecule has 27 heteroatoms. The largest absolute Gasteiger partial charge is 0.479 e. The molecule has 8 fully saturated rings. The van der Waals surface area contributed by atoms with E-state index in [1.165, 1.54) is 0 Å². The van der Waals surface area contributed by atoms with Crippen LogP contribution in [0.1, 0.15) is 107 Å². The summed E-state index contributed by atoms with van der Waals surface area (Å²) in [6.45, 7) is 12.8. The van der Waals surface area contributed by atoms with Crippen molar-refractivity contribution in [1.29, 1.82) is 0 Å². The fourth-order valence-electron chi connectivity index (χ4n) is 16.9. The van der Waals surface area contributed by atoms with Crippen molar-refractivity contribution < 1.29 is 134 Å². The summed E-state index contributed by atoms with van der Waals surface area (Å²) < 4.78 is 54.3. The van der Waals surface area contributed by atoms with E-state index in [4.69, 9.17) is 42.6 Å². The Hall–Kier alpha value is -2.79. The van der Waals surface area contributed by atoms with Crippen LogP contribution in [0.15, 0.2) is 23.3 Å². The summed E-state index contributed by atoms with van der Waals surface area (Å²) in [5.41, 5.74) is -4.38. The number of carboxylic acids is 1. The molecule has 85 heavy (non-hydrogen) atoms. The van der Waals surface area contributed by atoms with Gasteiger partial charge in [0.1, 0.15) is 91.7 Å². The highest BCUT2D eigenvalue weighted by atomic mass is 16.8. The number of carbonyl (C=O) groups excluding carboxylic acids is 2. The van der Waals surface area contributed by atoms with Crippen molar-refractivity contribution in [2.45, 2.75) is 248 Å². The van der Waals surface area contributed by atoms with Crippen LogP contribution in [-0.2, 0) is 57.0 Å². The molecule has 4 saturated heterocycles. The SMILES string of the molecule is CC=C(C)C(=O)OC1C(O)C(C)(C)CC2C3=CCC4C5(C)CCC(OC6OC(C(=O)O)C(O)C(OC7OC(O)C(O)CC7OC7OC(CO)C(O)C(O)C7O)C6OC6OC(CO)C(O)C(O)C6O)C(C)(C=O)C5CCC4(C)C3(C)CC(O)C21CO. The second kappa shape index (κ2) is 24.4. The van der Waals surface area contributed by atoms with Crippen LogP contribution in [0.2, 0.25) is 0 Å². The molecule has 0 radical (unpaired) electrons. The smallest absolute Gasteiger partial charge is 0.335 e. The van der Waals surface area contributed by atoms with Gasteiger partial charge in [-0.1, -0.05) is 59.3 Å². The molecule has 15 N–H and O–H groups in total. The highest BCUT2D eigenvalue weighted by molar-refractivity contribution is 5.87. The summed E-state index contributed by atoms with van der Waals surface area (Å²) in [6, 6.07) is 0. The van der Waals surface area contributed by atoms with E-state index in [-0.39, 0.29) is 18.8 Å². The summed E-state index contributed by atoms with van der Waals surface area (Å²) >= 11 is 0. The van der Waals surface area contributed by atoms with E-state index in [1.54, 1.807) is 26.8 Å². The second-order valence-corrected chi connectivity index (χ2v) is 27.1. The molecular formula is C58H90O27. The van der Waals surface area contributed by atoms with Crippen molar-refractivity contribution >= 4 is 18.2 Å². The maximum absolute atomic E-state index is 14.2. The number of esters is 1. The predicted octanol–water partition coefficient (Wildman–Crippen LogP) is -2.87. The fourth-order valence-corrected chi connectivity index (χ4v) is 16.9. The van der Waals surface area contributed by atoms with Crippen LogP contribution >= 0.6 is 0 Å². The Labute approximate surface area is 492 Å². The molecule has 0 aromatic carbocycles. The highest BCUT2D eigenvalue weighted by Gasteiger charge is 2.74. The van der Waals surface area contributed by atoms with E-state index >= 15 is 0 Å². The van der Waals surface area contributed by atoms with Gasteiger partial charge in [0.2, 0.25) is 0 Å². The first kappa shape index (κ1) is 66.6. The van der Waals surface area contributed by atoms with Gasteiger partial charge in [0, 0.05) is 12.0 Å². The minimum atomic E-state index is -2.31. The van der Waals surface area contributed by atoms with E-state index in [9.17, 15) is 91.0 Å². The van der Waals surface area contributed by atoms with E-state index < -0.39 is 224 Å². The topological polar surface area (TPSA) is 438 Å². The van der Waals surface area contributed by atoms with E-state index in [0.29, 0.717) is 37.7 Å². The molecular weight excluding hydrogens is 1130 g/mol. The van der Waals surface area contributed by atoms with Crippen molar-refractivity contribution in [1.82, 2.24) is 0 Å². The number of aldehydes is 1. The van der Waals surface area contributed by atoms with Gasteiger partial charge in [-0.2, -0.15) is 0 Å². The van der Waals surface area contributed by atoms with Crippen LogP contribution in [0.25, 0.3) is 0 Å². The van der Waals surface area contributed by atoms with Gasteiger partial charge in [-0.3, -0.25) is 0 Å². The summed E-state index contributed by atoms with van der Waals surface area (Å²) in [7, 11) is 0. The van der Waals surface area contributed by atoms with Crippen molar-refractivity contribution in [3.63, 3.8) is 0 Å². The van der Waals surface area contributed by atoms with Gasteiger partial charge in [0.15, 0.2) is 37.6 Å². The minimum absolute atomic E-state index is 0.106. The number of allylic oxidation sites excluding steroid dienone is 3. The molecule has 0 aromatic heterocycles. The third kappa shape index (κ3) is 10.8. The summed E-state index contributed by atoms with van der Waals surface area (Å²) in [5.74, 6) is -3.60. The standard InChI is InChI=1S/C58H90O27/c1-9-23(2)47(75)84-45-44(72)53(3,4)17-25-24-10-11-31-54(5)14-13-33(55(6,21-61)30(54)12-15-56(31,7)57(24,8)18-32(64)58(25,45)22-62)80-52-43(83-51-39(70)37(68)35(66)29(20-60)79-51)41(40(71)42(82-52)46(73)74)81-49-27(16-26(63)48(76)85-49)77-50-38(69)36(67)34(65)28(19-59)78-50/h9-10,21,25-45,48-52,59-60,62-72,76H,11-20,22H2,1-8H3,(H,73,74). The maximum atomic E-state index is 14.2. The Morgan fingerprint density at radius 3 is 1.85 bits per heavy atom. The zero-order valence-electron chi connectivity index (χ0n) is 49.1. The van der Waals surface area contributed by atoms with Crippen LogP contribution in [-0.4, -0.2) is 256 Å². The van der Waals surface area contributed by atoms with Crippen molar-refractivity contribution in [3.8, 4) is 0 Å². The molecule has 484 valence electrons. The Morgan fingerprint density at radius 1 is 0.682 bits per heavy atom. The normalized spacial score (nSPS) is 52.5. The van der Waals surface area contributed by atoms with E-state index in [1.807, 2.05) is 13.8 Å². The Kier molecular flexibility index (Phi) is 19.2. The van der Waals surface area contributed by atoms with Gasteiger partial charge >= 0.3 is 11.9 Å². The third-order valence-corrected chi connectivity index (χ3v) is 22.3. The first-order valence-corrected chi connectivity index (χ1v) is 29.6. The molecule has 0 amide bonds. The van der Waals surface area contributed by atoms with Crippen LogP contribution in [0, 0.1) is 50.2 Å². The predicted molar refractivity (Wildman–Crippen MR) is 285 cm³/mol. The lowest BCUT2D eigenvalue weighted by atomic mass is 9.33. The first-order valence-electron chi connectivity index (χ1n) is 29.6. The van der Waals surface area contributed by atoms with Gasteiger partial charge < -0.3 is 124 Å². The summed E-state index contributed by atoms with van der Waals surface area (Å²) in [6.07, 6.45) is -35.5. The average molecular weight is 1220 g/mol. The number of aliphatic hydroxyl groups excluding tert-OH is 14. The summed E-state index contributed by atoms with van der Waals surface area (Å²) in [5, 5.41) is 165. The monoisotopic (exact) mass is 1220 g/mol. The number of aliphatic carboxylic acids is 1. The number of rotatable bonds is 15. The van der Waals surface area contributed by atoms with Gasteiger partial charge in [0.05, 0.1) is 49.0 Å². The van der Waals surface area contributed by atoms with Crippen LogP contribution in [0.5, 0.6) is 0 Å². The van der Waals surface area contributed by atoms with Gasteiger partial charge in [-0.15, -0.1) is 0 Å². The molecule has 0 bridgehead atoms. The molecule has 31 unspecified atom stereocenters. The minimum Gasteiger partial charge on any atom is -0.479 e. The van der Waals surface area contributed by atoms with Crippen LogP contribution in [0.3, 0.4) is 0 Å². The Balaban J connectivity index is 1.05. The van der Waals surface area contributed by atoms with Crippen LogP contribution in [0.4, 0.5) is 0 Å². The molecule has 0 spiro atoms. The molecule has 31 atom stereocenters. The molecule has 5 aliphatic carbocycles. The number of hydrogen-bond acceptors (Lipinski definition) is 26. The summed E-state index contributed by atoms with van der Waals surface area (Å²) in [4.78, 5) is 40.8. The van der Waals surface area contributed by atoms with Gasteiger partial charge in [-0.25, -0.2) is 9.59 Å². The molecule has 4 aliphatic heterocycles. The molecule has 4 heterocycles. The van der Waals surface area contributed by atoms with Gasteiger partial charge in [-0.05, 0) is 98.2 Å². The number of hydrogen-bond donors (Lipinski definition) is 15. The Morgan fingerprint density at radius 2 is 1.28 bits per heavy atom. The molecule has 9 rings (SSSR count). The zero-order valence-corrected chi connectivity index (χ0v) is 49.1. The van der Waals surface area contributed by atoms with Crippen molar-refractivity contribution in [2.24, 2.45) is 50.2 Å². The van der Waals surface area contributed by atoms with Crippen molar-refractivity contribution in [3.05, 3.63) is 23.3 Å². The number of carboxylic acid groups (broad SMARTS) is 1. The molecule has 0 aromatic rings. The zero-order chi connectivity index (χ0) is 62.6. The number of ether oxygens (including phenoxy) is 9. The average Bonchev–Trinajstić information content (AvgIpc) is 0.680. The van der Waals surface area contributed by atoms with Gasteiger partial charge in [0.25, 0.3) is 0 Å². The lowest BCUT2D eigenvalue weighted by Gasteiger charge is -2.72. The fraction of sp³-hybridized carbons (Fsp3) is 0.879. The first-order chi connectivity index (χ1) is 39.8. The Bertz CT molecular complexity index is 2480. The van der Waals surface area contributed by atoms with Crippen molar-refractivity contribution in [2.75, 3.05) is 19.8 Å². The highest BCUT2D eigenvalue weighted by Crippen LogP contribution is 2.76. The number of aliphatic hydroxyl groups is 14. The lowest BCUT2D eigenvalue weighted by molar-refractivity contribution is -0.407. The maximum Gasteiger partial charge on any atom is 0.335 e. The van der Waals surface area contributed by atoms with Crippen LogP contribution < -0.4 is 0 Å².